The van der Waals surface area contributed by atoms with Crippen molar-refractivity contribution in [3.8, 4) is 0 Å². The maximum atomic E-state index is 12.5. The number of carbonyl (C=O) groups excluding carboxylic acids is 2. The van der Waals surface area contributed by atoms with E-state index in [1.807, 2.05) is 6.08 Å². The SMILES string of the molecule is C[C@]12CC[C@H]3[C@@H](CCC4=CC(=O)C=C[C@@]43C)[C@@H]1CC[C@@H]2C(=O)CI. The van der Waals surface area contributed by atoms with Gasteiger partial charge >= 0.3 is 0 Å². The zero-order valence-electron chi connectivity index (χ0n) is 14.7. The van der Waals surface area contributed by atoms with Crippen LogP contribution in [0.1, 0.15) is 52.4 Å². The second-order valence-corrected chi connectivity index (χ2v) is 9.64. The highest BCUT2D eigenvalue weighted by Gasteiger charge is 2.59. The van der Waals surface area contributed by atoms with E-state index in [-0.39, 0.29) is 22.5 Å². The van der Waals surface area contributed by atoms with E-state index in [1.54, 1.807) is 6.08 Å². The van der Waals surface area contributed by atoms with E-state index >= 15 is 0 Å². The highest BCUT2D eigenvalue weighted by Crippen LogP contribution is 2.66. The van der Waals surface area contributed by atoms with Crippen LogP contribution in [-0.4, -0.2) is 16.0 Å². The number of halogens is 1. The highest BCUT2D eigenvalue weighted by molar-refractivity contribution is 14.1. The van der Waals surface area contributed by atoms with Gasteiger partial charge in [-0.25, -0.2) is 0 Å². The Morgan fingerprint density at radius 3 is 2.75 bits per heavy atom. The van der Waals surface area contributed by atoms with Gasteiger partial charge in [0, 0.05) is 11.3 Å². The Morgan fingerprint density at radius 1 is 1.21 bits per heavy atom. The minimum absolute atomic E-state index is 0.0729. The summed E-state index contributed by atoms with van der Waals surface area (Å²) in [6, 6.07) is 0. The van der Waals surface area contributed by atoms with Crippen LogP contribution >= 0.6 is 22.6 Å². The lowest BCUT2D eigenvalue weighted by Crippen LogP contribution is -2.50. The van der Waals surface area contributed by atoms with Crippen molar-refractivity contribution in [1.82, 2.24) is 0 Å². The van der Waals surface area contributed by atoms with Gasteiger partial charge in [0.2, 0.25) is 0 Å². The molecule has 0 aromatic heterocycles. The van der Waals surface area contributed by atoms with Crippen molar-refractivity contribution in [2.45, 2.75) is 52.4 Å². The number of hydrogen-bond donors (Lipinski definition) is 0. The summed E-state index contributed by atoms with van der Waals surface area (Å²) in [7, 11) is 0. The zero-order valence-corrected chi connectivity index (χ0v) is 16.8. The van der Waals surface area contributed by atoms with Crippen molar-refractivity contribution < 1.29 is 9.59 Å². The number of alkyl halides is 1. The quantitative estimate of drug-likeness (QED) is 0.453. The average molecular weight is 438 g/mol. The average Bonchev–Trinajstić information content (AvgIpc) is 2.92. The van der Waals surface area contributed by atoms with Crippen molar-refractivity contribution in [1.29, 1.82) is 0 Å². The van der Waals surface area contributed by atoms with Gasteiger partial charge in [0.15, 0.2) is 5.78 Å². The van der Waals surface area contributed by atoms with E-state index in [2.05, 4.69) is 42.5 Å². The molecule has 6 atom stereocenters. The predicted octanol–water partition coefficient (Wildman–Crippen LogP) is 4.91. The molecular formula is C21H27IO2. The van der Waals surface area contributed by atoms with Crippen LogP contribution in [0.3, 0.4) is 0 Å². The summed E-state index contributed by atoms with van der Waals surface area (Å²) in [4.78, 5) is 24.3. The van der Waals surface area contributed by atoms with Crippen molar-refractivity contribution in [2.24, 2.45) is 34.5 Å². The lowest BCUT2D eigenvalue weighted by atomic mass is 9.47. The number of Topliss-reactive ketones (excluding diaryl/α,β-unsaturated/α-hetero) is 1. The van der Waals surface area contributed by atoms with Crippen LogP contribution in [-0.2, 0) is 9.59 Å². The molecule has 4 aliphatic rings. The lowest BCUT2D eigenvalue weighted by molar-refractivity contribution is -0.126. The lowest BCUT2D eigenvalue weighted by Gasteiger charge is -2.56. The fourth-order valence-electron chi connectivity index (χ4n) is 6.82. The van der Waals surface area contributed by atoms with Gasteiger partial charge in [0.05, 0.1) is 4.43 Å². The van der Waals surface area contributed by atoms with Crippen LogP contribution in [0.5, 0.6) is 0 Å². The van der Waals surface area contributed by atoms with Crippen LogP contribution in [0, 0.1) is 34.5 Å². The Morgan fingerprint density at radius 2 is 2.00 bits per heavy atom. The highest BCUT2D eigenvalue weighted by atomic mass is 127. The van der Waals surface area contributed by atoms with Crippen LogP contribution in [0.2, 0.25) is 0 Å². The minimum atomic E-state index is 0.0729. The first-order valence-electron chi connectivity index (χ1n) is 9.43. The van der Waals surface area contributed by atoms with Gasteiger partial charge in [0.25, 0.3) is 0 Å². The molecule has 4 rings (SSSR count). The Balaban J connectivity index is 1.66. The van der Waals surface area contributed by atoms with Gasteiger partial charge in [0.1, 0.15) is 5.78 Å². The Bertz CT molecular complexity index is 648. The first-order valence-corrected chi connectivity index (χ1v) is 11.0. The van der Waals surface area contributed by atoms with Gasteiger partial charge in [-0.05, 0) is 73.8 Å². The Kier molecular flexibility index (Phi) is 4.09. The van der Waals surface area contributed by atoms with E-state index in [4.69, 9.17) is 0 Å². The number of allylic oxidation sites excluding steroid dienone is 4. The van der Waals surface area contributed by atoms with Gasteiger partial charge < -0.3 is 0 Å². The topological polar surface area (TPSA) is 34.1 Å². The standard InChI is InChI=1S/C21H27IO2/c1-20-9-7-14(23)11-13(20)3-4-15-16-5-6-18(19(24)12-22)21(16,2)10-8-17(15)20/h7,9,11,15-18H,3-6,8,10,12H2,1-2H3/t15-,16-,17-,18+,20-,21-/m0/s1. The van der Waals surface area contributed by atoms with E-state index in [1.165, 1.54) is 31.3 Å². The summed E-state index contributed by atoms with van der Waals surface area (Å²) in [5.41, 5.74) is 1.65. The normalized spacial score (nSPS) is 46.8. The third-order valence-corrected chi connectivity index (χ3v) is 8.83. The molecule has 130 valence electrons. The summed E-state index contributed by atoms with van der Waals surface area (Å²) >= 11 is 2.24. The number of rotatable bonds is 2. The van der Waals surface area contributed by atoms with E-state index in [0.717, 1.165) is 18.8 Å². The molecule has 24 heavy (non-hydrogen) atoms. The van der Waals surface area contributed by atoms with Crippen LogP contribution in [0.4, 0.5) is 0 Å². The molecule has 2 nitrogen and oxygen atoms in total. The summed E-state index contributed by atoms with van der Waals surface area (Å²) < 4.78 is 0.661. The van der Waals surface area contributed by atoms with Crippen molar-refractivity contribution in [3.63, 3.8) is 0 Å². The van der Waals surface area contributed by atoms with E-state index < -0.39 is 0 Å². The Hall–Kier alpha value is -0.450. The van der Waals surface area contributed by atoms with Gasteiger partial charge in [-0.1, -0.05) is 48.1 Å². The molecule has 3 saturated carbocycles. The second-order valence-electron chi connectivity index (χ2n) is 8.88. The molecule has 0 radical (unpaired) electrons. The molecular weight excluding hydrogens is 411 g/mol. The molecule has 0 spiro atoms. The third kappa shape index (κ3) is 2.25. The Labute approximate surface area is 158 Å². The number of fused-ring (bicyclic) bond motifs is 5. The molecule has 3 fully saturated rings. The first kappa shape index (κ1) is 17.0. The molecule has 0 aromatic rings. The number of ketones is 2. The van der Waals surface area contributed by atoms with Crippen LogP contribution in [0.15, 0.2) is 23.8 Å². The zero-order chi connectivity index (χ0) is 17.1. The van der Waals surface area contributed by atoms with Crippen molar-refractivity contribution in [3.05, 3.63) is 23.8 Å². The minimum Gasteiger partial charge on any atom is -0.299 e. The maximum absolute atomic E-state index is 12.5. The summed E-state index contributed by atoms with van der Waals surface area (Å²) in [5, 5.41) is 0. The van der Waals surface area contributed by atoms with Crippen LogP contribution < -0.4 is 0 Å². The number of hydrogen-bond acceptors (Lipinski definition) is 2. The monoisotopic (exact) mass is 438 g/mol. The molecule has 0 N–H and O–H groups in total. The molecule has 0 bridgehead atoms. The molecule has 3 heteroatoms. The summed E-state index contributed by atoms with van der Waals surface area (Å²) in [5.74, 6) is 2.98. The largest absolute Gasteiger partial charge is 0.299 e. The summed E-state index contributed by atoms with van der Waals surface area (Å²) in [6.45, 7) is 4.76. The van der Waals surface area contributed by atoms with E-state index in [0.29, 0.717) is 22.0 Å². The van der Waals surface area contributed by atoms with Crippen molar-refractivity contribution >= 4 is 34.2 Å². The molecule has 4 aliphatic carbocycles. The van der Waals surface area contributed by atoms with Gasteiger partial charge in [-0.15, -0.1) is 0 Å². The molecule has 0 aromatic carbocycles. The smallest absolute Gasteiger partial charge is 0.178 e. The molecule has 0 saturated heterocycles. The molecule has 0 heterocycles. The van der Waals surface area contributed by atoms with Gasteiger partial charge in [-0.3, -0.25) is 9.59 Å². The number of carbonyl (C=O) groups is 2. The second kappa shape index (κ2) is 5.78. The van der Waals surface area contributed by atoms with Crippen LogP contribution in [0.25, 0.3) is 0 Å². The molecule has 0 unspecified atom stereocenters. The first-order chi connectivity index (χ1) is 11.4. The summed E-state index contributed by atoms with van der Waals surface area (Å²) in [6.07, 6.45) is 12.9. The maximum Gasteiger partial charge on any atom is 0.178 e. The predicted molar refractivity (Wildman–Crippen MR) is 104 cm³/mol. The van der Waals surface area contributed by atoms with Crippen molar-refractivity contribution in [2.75, 3.05) is 4.43 Å². The third-order valence-electron chi connectivity index (χ3n) is 8.08. The van der Waals surface area contributed by atoms with Gasteiger partial charge in [-0.2, -0.15) is 0 Å². The molecule has 0 aliphatic heterocycles. The fourth-order valence-corrected chi connectivity index (χ4v) is 7.35. The van der Waals surface area contributed by atoms with E-state index in [9.17, 15) is 9.59 Å². The molecule has 0 amide bonds. The fraction of sp³-hybridized carbons (Fsp3) is 0.714.